The third-order valence-corrected chi connectivity index (χ3v) is 3.06. The zero-order valence-electron chi connectivity index (χ0n) is 11.1. The van der Waals surface area contributed by atoms with Crippen LogP contribution >= 0.6 is 0 Å². The van der Waals surface area contributed by atoms with E-state index in [-0.39, 0.29) is 29.8 Å². The average Bonchev–Trinajstić information content (AvgIpc) is 3.06. The molecule has 1 aromatic heterocycles. The fourth-order valence-electron chi connectivity index (χ4n) is 2.03. The summed E-state index contributed by atoms with van der Waals surface area (Å²) in [5.41, 5.74) is 0. The number of ether oxygens (including phenoxy) is 1. The van der Waals surface area contributed by atoms with E-state index in [9.17, 15) is 9.59 Å². The normalized spacial score (nSPS) is 22.2. The number of carbonyl (C=O) groups excluding carboxylic acids is 2. The lowest BCUT2D eigenvalue weighted by atomic mass is 10.2. The molecule has 0 aliphatic carbocycles. The summed E-state index contributed by atoms with van der Waals surface area (Å²) in [5, 5.41) is 2.73. The van der Waals surface area contributed by atoms with E-state index in [2.05, 4.69) is 5.32 Å². The van der Waals surface area contributed by atoms with Gasteiger partial charge in [0.15, 0.2) is 5.76 Å². The summed E-state index contributed by atoms with van der Waals surface area (Å²) in [7, 11) is 3.41. The maximum atomic E-state index is 11.7. The van der Waals surface area contributed by atoms with Crippen LogP contribution in [-0.4, -0.2) is 49.6 Å². The van der Waals surface area contributed by atoms with E-state index in [4.69, 9.17) is 9.15 Å². The monoisotopic (exact) mass is 266 g/mol. The van der Waals surface area contributed by atoms with Crippen LogP contribution in [0.1, 0.15) is 23.4 Å². The van der Waals surface area contributed by atoms with Crippen molar-refractivity contribution in [3.8, 4) is 0 Å². The predicted octanol–water partition coefficient (Wildman–Crippen LogP) is 0.645. The Morgan fingerprint density at radius 2 is 2.21 bits per heavy atom. The molecular formula is C13H18N2O4. The number of hydrogen-bond acceptors (Lipinski definition) is 4. The lowest BCUT2D eigenvalue weighted by Crippen LogP contribution is -2.36. The molecule has 2 atom stereocenters. The number of hydrogen-bond donors (Lipinski definition) is 1. The highest BCUT2D eigenvalue weighted by molar-refractivity contribution is 5.91. The Bertz CT molecular complexity index is 442. The number of amides is 2. The highest BCUT2D eigenvalue weighted by Gasteiger charge is 2.31. The van der Waals surface area contributed by atoms with Gasteiger partial charge in [-0.3, -0.25) is 9.59 Å². The number of nitrogens with one attached hydrogen (secondary N) is 1. The molecule has 0 unspecified atom stereocenters. The first-order chi connectivity index (χ1) is 9.08. The lowest BCUT2D eigenvalue weighted by molar-refractivity contribution is -0.140. The number of rotatable bonds is 4. The zero-order chi connectivity index (χ0) is 13.8. The molecule has 1 aliphatic heterocycles. The summed E-state index contributed by atoms with van der Waals surface area (Å²) in [4.78, 5) is 24.9. The van der Waals surface area contributed by atoms with Gasteiger partial charge in [-0.1, -0.05) is 0 Å². The molecule has 0 spiro atoms. The number of nitrogens with zero attached hydrogens (tertiary/aromatic N) is 1. The van der Waals surface area contributed by atoms with E-state index in [1.54, 1.807) is 26.2 Å². The van der Waals surface area contributed by atoms with E-state index in [0.717, 1.165) is 6.42 Å². The van der Waals surface area contributed by atoms with E-state index in [0.29, 0.717) is 13.0 Å². The molecule has 1 fully saturated rings. The molecule has 6 nitrogen and oxygen atoms in total. The van der Waals surface area contributed by atoms with Crippen LogP contribution in [0.2, 0.25) is 0 Å². The Labute approximate surface area is 111 Å². The molecular weight excluding hydrogens is 248 g/mol. The minimum Gasteiger partial charge on any atom is -0.459 e. The summed E-state index contributed by atoms with van der Waals surface area (Å²) >= 11 is 0. The third kappa shape index (κ3) is 3.35. The van der Waals surface area contributed by atoms with Crippen molar-refractivity contribution in [2.45, 2.75) is 25.0 Å². The van der Waals surface area contributed by atoms with Crippen molar-refractivity contribution in [3.05, 3.63) is 24.2 Å². The largest absolute Gasteiger partial charge is 0.459 e. The van der Waals surface area contributed by atoms with E-state index >= 15 is 0 Å². The second-order valence-electron chi connectivity index (χ2n) is 4.74. The molecule has 2 rings (SSSR count). The maximum absolute atomic E-state index is 11.7. The van der Waals surface area contributed by atoms with Gasteiger partial charge in [-0.05, 0) is 25.0 Å². The molecule has 2 heterocycles. The molecule has 1 N–H and O–H groups in total. The molecule has 2 amide bonds. The molecule has 104 valence electrons. The van der Waals surface area contributed by atoms with E-state index < -0.39 is 0 Å². The smallest absolute Gasteiger partial charge is 0.287 e. The molecule has 0 bridgehead atoms. The Morgan fingerprint density at radius 3 is 2.84 bits per heavy atom. The quantitative estimate of drug-likeness (QED) is 0.868. The number of carbonyl (C=O) groups is 2. The predicted molar refractivity (Wildman–Crippen MR) is 67.6 cm³/mol. The van der Waals surface area contributed by atoms with Crippen LogP contribution in [0.5, 0.6) is 0 Å². The summed E-state index contributed by atoms with van der Waals surface area (Å²) in [5.74, 6) is -0.0187. The van der Waals surface area contributed by atoms with Crippen molar-refractivity contribution in [1.29, 1.82) is 0 Å². The minimum atomic E-state index is -0.388. The first-order valence-electron chi connectivity index (χ1n) is 6.26. The van der Waals surface area contributed by atoms with Crippen molar-refractivity contribution in [2.24, 2.45) is 0 Å². The average molecular weight is 266 g/mol. The summed E-state index contributed by atoms with van der Waals surface area (Å²) in [6, 6.07) is 3.26. The van der Waals surface area contributed by atoms with Gasteiger partial charge < -0.3 is 19.4 Å². The van der Waals surface area contributed by atoms with Crippen LogP contribution < -0.4 is 5.32 Å². The van der Waals surface area contributed by atoms with Crippen LogP contribution in [0.4, 0.5) is 0 Å². The van der Waals surface area contributed by atoms with E-state index in [1.807, 2.05) is 0 Å². The van der Waals surface area contributed by atoms with Gasteiger partial charge in [0.25, 0.3) is 11.8 Å². The first kappa shape index (κ1) is 13.6. The SMILES string of the molecule is CN(C)C(=O)[C@H]1CC[C@H](CNC(=O)c2ccco2)O1. The van der Waals surface area contributed by atoms with Gasteiger partial charge in [0, 0.05) is 20.6 Å². The topological polar surface area (TPSA) is 71.8 Å². The number of likely N-dealkylation sites (N-methyl/N-ethyl adjacent to an activating group) is 1. The molecule has 6 heteroatoms. The third-order valence-electron chi connectivity index (χ3n) is 3.06. The number of furan rings is 1. The van der Waals surface area contributed by atoms with Crippen molar-refractivity contribution in [3.63, 3.8) is 0 Å². The standard InChI is InChI=1S/C13H18N2O4/c1-15(2)13(17)11-6-5-9(19-11)8-14-12(16)10-4-3-7-18-10/h3-4,7,9,11H,5-6,8H2,1-2H3,(H,14,16)/t9-,11-/m1/s1. The van der Waals surface area contributed by atoms with Gasteiger partial charge in [0.2, 0.25) is 0 Å². The fraction of sp³-hybridized carbons (Fsp3) is 0.538. The van der Waals surface area contributed by atoms with Crippen LogP contribution in [0.3, 0.4) is 0 Å². The lowest BCUT2D eigenvalue weighted by Gasteiger charge is -2.17. The molecule has 0 aromatic carbocycles. The maximum Gasteiger partial charge on any atom is 0.287 e. The van der Waals surface area contributed by atoms with E-state index in [1.165, 1.54) is 11.2 Å². The van der Waals surface area contributed by atoms with Crippen molar-refractivity contribution in [2.75, 3.05) is 20.6 Å². The highest BCUT2D eigenvalue weighted by Crippen LogP contribution is 2.20. The molecule has 0 radical (unpaired) electrons. The van der Waals surface area contributed by atoms with Crippen molar-refractivity contribution < 1.29 is 18.7 Å². The molecule has 1 aromatic rings. The highest BCUT2D eigenvalue weighted by atomic mass is 16.5. The molecule has 19 heavy (non-hydrogen) atoms. The molecule has 1 saturated heterocycles. The summed E-state index contributed by atoms with van der Waals surface area (Å²) in [6.07, 6.45) is 2.40. The van der Waals surface area contributed by atoms with Gasteiger partial charge in [0.1, 0.15) is 6.10 Å². The van der Waals surface area contributed by atoms with Crippen molar-refractivity contribution >= 4 is 11.8 Å². The first-order valence-corrected chi connectivity index (χ1v) is 6.26. The Balaban J connectivity index is 1.77. The minimum absolute atomic E-state index is 0.0279. The Morgan fingerprint density at radius 1 is 1.42 bits per heavy atom. The second kappa shape index (κ2) is 5.88. The Kier molecular flexibility index (Phi) is 4.21. The fourth-order valence-corrected chi connectivity index (χ4v) is 2.03. The van der Waals surface area contributed by atoms with Gasteiger partial charge in [-0.2, -0.15) is 0 Å². The summed E-state index contributed by atoms with van der Waals surface area (Å²) < 4.78 is 10.6. The molecule has 1 aliphatic rings. The zero-order valence-corrected chi connectivity index (χ0v) is 11.1. The van der Waals surface area contributed by atoms with Crippen LogP contribution in [0.15, 0.2) is 22.8 Å². The van der Waals surface area contributed by atoms with Crippen LogP contribution in [-0.2, 0) is 9.53 Å². The van der Waals surface area contributed by atoms with Crippen molar-refractivity contribution in [1.82, 2.24) is 10.2 Å². The molecule has 0 saturated carbocycles. The van der Waals surface area contributed by atoms with Gasteiger partial charge in [-0.15, -0.1) is 0 Å². The second-order valence-corrected chi connectivity index (χ2v) is 4.74. The summed E-state index contributed by atoms with van der Waals surface area (Å²) in [6.45, 7) is 0.386. The van der Waals surface area contributed by atoms with Gasteiger partial charge in [-0.25, -0.2) is 0 Å². The van der Waals surface area contributed by atoms with Crippen LogP contribution in [0, 0.1) is 0 Å². The van der Waals surface area contributed by atoms with Gasteiger partial charge in [0.05, 0.1) is 12.4 Å². The van der Waals surface area contributed by atoms with Crippen LogP contribution in [0.25, 0.3) is 0 Å². The van der Waals surface area contributed by atoms with Gasteiger partial charge >= 0.3 is 0 Å². The Hall–Kier alpha value is -1.82.